The maximum absolute atomic E-state index is 10.7. The van der Waals surface area contributed by atoms with Crippen molar-refractivity contribution < 1.29 is 14.5 Å². The number of nitro groups is 1. The second-order valence-corrected chi connectivity index (χ2v) is 2.82. The molecule has 1 aromatic rings. The first-order valence-corrected chi connectivity index (χ1v) is 4.45. The zero-order valence-electron chi connectivity index (χ0n) is 8.60. The molecular formula is C11H9NO4. The van der Waals surface area contributed by atoms with Gasteiger partial charge in [-0.15, -0.1) is 5.92 Å². The average Bonchev–Trinajstić information content (AvgIpc) is 2.29. The van der Waals surface area contributed by atoms with Crippen LogP contribution in [0.3, 0.4) is 0 Å². The van der Waals surface area contributed by atoms with E-state index < -0.39 is 4.92 Å². The van der Waals surface area contributed by atoms with E-state index in [1.54, 1.807) is 6.92 Å². The van der Waals surface area contributed by atoms with E-state index >= 15 is 0 Å². The molecule has 0 saturated heterocycles. The summed E-state index contributed by atoms with van der Waals surface area (Å²) in [5.41, 5.74) is 0.00290. The number of aldehydes is 1. The van der Waals surface area contributed by atoms with Crippen LogP contribution in [0, 0.1) is 22.0 Å². The second-order valence-electron chi connectivity index (χ2n) is 2.82. The molecule has 0 bridgehead atoms. The molecule has 0 aliphatic rings. The van der Waals surface area contributed by atoms with Crippen LogP contribution in [0.4, 0.5) is 5.69 Å². The summed E-state index contributed by atoms with van der Waals surface area (Å²) in [6.45, 7) is 1.73. The fraction of sp³-hybridized carbons (Fsp3) is 0.182. The van der Waals surface area contributed by atoms with Crippen molar-refractivity contribution in [2.75, 3.05) is 6.61 Å². The Morgan fingerprint density at radius 3 is 2.88 bits per heavy atom. The number of nitro benzene ring substituents is 1. The maximum Gasteiger partial charge on any atom is 0.311 e. The van der Waals surface area contributed by atoms with Crippen LogP contribution in [-0.4, -0.2) is 17.8 Å². The van der Waals surface area contributed by atoms with E-state index in [4.69, 9.17) is 4.74 Å². The molecule has 0 spiro atoms. The fourth-order valence-corrected chi connectivity index (χ4v) is 1.06. The van der Waals surface area contributed by atoms with Crippen LogP contribution in [0.25, 0.3) is 0 Å². The van der Waals surface area contributed by atoms with Gasteiger partial charge in [-0.3, -0.25) is 14.9 Å². The van der Waals surface area contributed by atoms with Gasteiger partial charge in [0, 0.05) is 11.6 Å². The molecule has 0 fully saturated rings. The lowest BCUT2D eigenvalue weighted by Gasteiger charge is -2.03. The number of carbonyl (C=O) groups is 1. The SMILES string of the molecule is CC#CCOc1ccc(C=O)cc1[N+](=O)[O-]. The summed E-state index contributed by atoms with van der Waals surface area (Å²) in [5.74, 6) is 5.34. The van der Waals surface area contributed by atoms with Crippen molar-refractivity contribution in [1.29, 1.82) is 0 Å². The average molecular weight is 219 g/mol. The molecule has 0 aliphatic carbocycles. The standard InChI is InChI=1S/C11H9NO4/c1-2-3-6-16-11-5-4-9(8-13)7-10(11)12(14)15/h4-5,7-8H,6H2,1H3. The van der Waals surface area contributed by atoms with Crippen molar-refractivity contribution in [3.8, 4) is 17.6 Å². The number of carbonyl (C=O) groups excluding carboxylic acids is 1. The van der Waals surface area contributed by atoms with Crippen LogP contribution in [0.15, 0.2) is 18.2 Å². The van der Waals surface area contributed by atoms with Gasteiger partial charge in [0.25, 0.3) is 0 Å². The smallest absolute Gasteiger partial charge is 0.311 e. The minimum Gasteiger partial charge on any atom is -0.474 e. The molecule has 0 radical (unpaired) electrons. The number of ether oxygens (including phenoxy) is 1. The monoisotopic (exact) mass is 219 g/mol. The van der Waals surface area contributed by atoms with Gasteiger partial charge < -0.3 is 4.74 Å². The Morgan fingerprint density at radius 2 is 2.31 bits per heavy atom. The highest BCUT2D eigenvalue weighted by atomic mass is 16.6. The molecule has 0 aliphatic heterocycles. The largest absolute Gasteiger partial charge is 0.474 e. The molecule has 1 aromatic carbocycles. The highest BCUT2D eigenvalue weighted by Crippen LogP contribution is 2.27. The first-order chi connectivity index (χ1) is 7.69. The van der Waals surface area contributed by atoms with Crippen molar-refractivity contribution >= 4 is 12.0 Å². The number of hydrogen-bond acceptors (Lipinski definition) is 4. The Balaban J connectivity index is 3.01. The third-order valence-electron chi connectivity index (χ3n) is 1.79. The summed E-state index contributed by atoms with van der Waals surface area (Å²) < 4.78 is 5.11. The molecule has 0 saturated carbocycles. The molecule has 0 heterocycles. The van der Waals surface area contributed by atoms with Crippen LogP contribution in [0.2, 0.25) is 0 Å². The molecular weight excluding hydrogens is 210 g/mol. The van der Waals surface area contributed by atoms with Crippen molar-refractivity contribution in [3.63, 3.8) is 0 Å². The Labute approximate surface area is 92.2 Å². The van der Waals surface area contributed by atoms with Crippen LogP contribution in [-0.2, 0) is 0 Å². The number of benzene rings is 1. The minimum absolute atomic E-state index is 0.0811. The predicted octanol–water partition coefficient (Wildman–Crippen LogP) is 1.81. The molecule has 0 N–H and O–H groups in total. The Bertz CT molecular complexity index is 471. The normalized spacial score (nSPS) is 8.81. The lowest BCUT2D eigenvalue weighted by Crippen LogP contribution is -1.99. The summed E-state index contributed by atoms with van der Waals surface area (Å²) in [7, 11) is 0. The fourth-order valence-electron chi connectivity index (χ4n) is 1.06. The van der Waals surface area contributed by atoms with Gasteiger partial charge in [-0.05, 0) is 19.1 Å². The van der Waals surface area contributed by atoms with Crippen molar-refractivity contribution in [1.82, 2.24) is 0 Å². The van der Waals surface area contributed by atoms with Crippen LogP contribution in [0.5, 0.6) is 5.75 Å². The molecule has 0 amide bonds. The Hall–Kier alpha value is -2.35. The quantitative estimate of drug-likeness (QED) is 0.335. The first-order valence-electron chi connectivity index (χ1n) is 4.45. The first kappa shape index (κ1) is 11.7. The van der Waals surface area contributed by atoms with E-state index in [1.807, 2.05) is 0 Å². The molecule has 16 heavy (non-hydrogen) atoms. The summed E-state index contributed by atoms with van der Waals surface area (Å²) in [5, 5.41) is 10.7. The predicted molar refractivity (Wildman–Crippen MR) is 57.4 cm³/mol. The van der Waals surface area contributed by atoms with Gasteiger partial charge in [0.2, 0.25) is 0 Å². The van der Waals surface area contributed by atoms with Gasteiger partial charge >= 0.3 is 5.69 Å². The molecule has 0 unspecified atom stereocenters. The van der Waals surface area contributed by atoms with Gasteiger partial charge in [-0.25, -0.2) is 0 Å². The molecule has 1 rings (SSSR count). The third-order valence-corrected chi connectivity index (χ3v) is 1.79. The lowest BCUT2D eigenvalue weighted by atomic mass is 10.2. The van der Waals surface area contributed by atoms with Gasteiger partial charge in [-0.1, -0.05) is 5.92 Å². The van der Waals surface area contributed by atoms with E-state index in [-0.39, 0.29) is 23.6 Å². The highest BCUT2D eigenvalue weighted by molar-refractivity contribution is 5.77. The zero-order chi connectivity index (χ0) is 12.0. The zero-order valence-corrected chi connectivity index (χ0v) is 8.60. The van der Waals surface area contributed by atoms with Crippen molar-refractivity contribution in [2.45, 2.75) is 6.92 Å². The molecule has 0 atom stereocenters. The number of nitrogens with zero attached hydrogens (tertiary/aromatic N) is 1. The topological polar surface area (TPSA) is 69.4 Å². The van der Waals surface area contributed by atoms with E-state index in [1.165, 1.54) is 18.2 Å². The summed E-state index contributed by atoms with van der Waals surface area (Å²) in [4.78, 5) is 20.6. The van der Waals surface area contributed by atoms with Gasteiger partial charge in [0.05, 0.1) is 4.92 Å². The molecule has 5 heteroatoms. The molecule has 82 valence electrons. The van der Waals surface area contributed by atoms with E-state index in [0.717, 1.165) is 0 Å². The van der Waals surface area contributed by atoms with Gasteiger partial charge in [0.1, 0.15) is 12.9 Å². The van der Waals surface area contributed by atoms with Crippen molar-refractivity contribution in [3.05, 3.63) is 33.9 Å². The van der Waals surface area contributed by atoms with Crippen LogP contribution < -0.4 is 4.74 Å². The van der Waals surface area contributed by atoms with Crippen LogP contribution in [0.1, 0.15) is 17.3 Å². The Morgan fingerprint density at radius 1 is 1.56 bits per heavy atom. The third kappa shape index (κ3) is 2.82. The number of hydrogen-bond donors (Lipinski definition) is 0. The molecule has 0 aromatic heterocycles. The summed E-state index contributed by atoms with van der Waals surface area (Å²) in [6.07, 6.45) is 0.544. The summed E-state index contributed by atoms with van der Waals surface area (Å²) >= 11 is 0. The highest BCUT2D eigenvalue weighted by Gasteiger charge is 2.15. The number of rotatable bonds is 4. The second kappa shape index (κ2) is 5.51. The van der Waals surface area contributed by atoms with Gasteiger partial charge in [0.15, 0.2) is 5.75 Å². The van der Waals surface area contributed by atoms with Crippen molar-refractivity contribution in [2.24, 2.45) is 0 Å². The maximum atomic E-state index is 10.7. The Kier molecular flexibility index (Phi) is 4.04. The van der Waals surface area contributed by atoms with E-state index in [0.29, 0.717) is 6.29 Å². The lowest BCUT2D eigenvalue weighted by molar-refractivity contribution is -0.385. The van der Waals surface area contributed by atoms with E-state index in [2.05, 4.69) is 11.8 Å². The molecule has 5 nitrogen and oxygen atoms in total. The summed E-state index contributed by atoms with van der Waals surface area (Å²) in [6, 6.07) is 4.01. The minimum atomic E-state index is -0.596. The van der Waals surface area contributed by atoms with Gasteiger partial charge in [-0.2, -0.15) is 0 Å². The van der Waals surface area contributed by atoms with E-state index in [9.17, 15) is 14.9 Å². The van der Waals surface area contributed by atoms with Crippen LogP contribution >= 0.6 is 0 Å².